The Morgan fingerprint density at radius 1 is 1.24 bits per heavy atom. The van der Waals surface area contributed by atoms with Gasteiger partial charge in [0.05, 0.1) is 5.52 Å². The summed E-state index contributed by atoms with van der Waals surface area (Å²) in [5.41, 5.74) is 10.3. The molecular formula is C13H20N4. The van der Waals surface area contributed by atoms with Crippen LogP contribution < -0.4 is 10.6 Å². The van der Waals surface area contributed by atoms with E-state index in [1.54, 1.807) is 0 Å². The summed E-state index contributed by atoms with van der Waals surface area (Å²) < 4.78 is 1.94. The molecule has 0 unspecified atom stereocenters. The van der Waals surface area contributed by atoms with Crippen molar-refractivity contribution in [2.75, 3.05) is 23.7 Å². The fourth-order valence-corrected chi connectivity index (χ4v) is 2.10. The molecule has 0 spiro atoms. The average Bonchev–Trinajstić information content (AvgIpc) is 2.65. The van der Waals surface area contributed by atoms with Gasteiger partial charge in [0.1, 0.15) is 5.69 Å². The number of hydrogen-bond donors (Lipinski definition) is 1. The van der Waals surface area contributed by atoms with Crippen molar-refractivity contribution in [2.24, 2.45) is 0 Å². The summed E-state index contributed by atoms with van der Waals surface area (Å²) in [4.78, 5) is 2.18. The molecule has 0 atom stereocenters. The molecule has 0 saturated heterocycles. The molecule has 0 amide bonds. The van der Waals surface area contributed by atoms with Crippen LogP contribution in [0, 0.1) is 13.8 Å². The summed E-state index contributed by atoms with van der Waals surface area (Å²) in [6.07, 6.45) is 0. The maximum atomic E-state index is 6.18. The van der Waals surface area contributed by atoms with E-state index in [0.29, 0.717) is 0 Å². The number of aromatic nitrogens is 2. The zero-order valence-corrected chi connectivity index (χ0v) is 11.0. The Hall–Kier alpha value is -1.71. The molecule has 0 saturated carbocycles. The number of fused-ring (bicyclic) bond motifs is 1. The zero-order chi connectivity index (χ0) is 12.6. The number of aryl methyl sites for hydroxylation is 2. The zero-order valence-electron chi connectivity index (χ0n) is 11.0. The van der Waals surface area contributed by atoms with E-state index in [4.69, 9.17) is 5.73 Å². The van der Waals surface area contributed by atoms with Crippen molar-refractivity contribution in [3.05, 3.63) is 23.4 Å². The highest BCUT2D eigenvalue weighted by Gasteiger charge is 2.15. The number of hydrogen-bond acceptors (Lipinski definition) is 3. The summed E-state index contributed by atoms with van der Waals surface area (Å²) in [6.45, 7) is 10.2. The van der Waals surface area contributed by atoms with Crippen LogP contribution in [0.25, 0.3) is 5.52 Å². The van der Waals surface area contributed by atoms with Gasteiger partial charge in [-0.1, -0.05) is 6.07 Å². The van der Waals surface area contributed by atoms with Gasteiger partial charge >= 0.3 is 0 Å². The van der Waals surface area contributed by atoms with Crippen LogP contribution in [-0.2, 0) is 0 Å². The van der Waals surface area contributed by atoms with Gasteiger partial charge in [-0.25, -0.2) is 4.52 Å². The number of nitrogens with two attached hydrogens (primary N) is 1. The Bertz CT molecular complexity index is 538. The molecule has 2 rings (SSSR count). The SMILES string of the molecule is CCN(CC)c1nn2c(C)c(C)ccc2c1N. The topological polar surface area (TPSA) is 46.6 Å². The molecule has 92 valence electrons. The van der Waals surface area contributed by atoms with E-state index in [1.165, 1.54) is 5.56 Å². The summed E-state index contributed by atoms with van der Waals surface area (Å²) in [7, 11) is 0. The number of rotatable bonds is 3. The molecule has 0 aliphatic carbocycles. The summed E-state index contributed by atoms with van der Waals surface area (Å²) in [5.74, 6) is 0.892. The van der Waals surface area contributed by atoms with Gasteiger partial charge in [0, 0.05) is 18.8 Å². The Kier molecular flexibility index (Phi) is 2.96. The van der Waals surface area contributed by atoms with Crippen molar-refractivity contribution in [3.8, 4) is 0 Å². The second kappa shape index (κ2) is 4.28. The molecule has 4 nitrogen and oxygen atoms in total. The Morgan fingerprint density at radius 3 is 2.47 bits per heavy atom. The van der Waals surface area contributed by atoms with Gasteiger partial charge in [0.25, 0.3) is 0 Å². The lowest BCUT2D eigenvalue weighted by Crippen LogP contribution is -2.23. The van der Waals surface area contributed by atoms with Crippen molar-refractivity contribution < 1.29 is 0 Å². The minimum absolute atomic E-state index is 0.775. The normalized spacial score (nSPS) is 11.1. The van der Waals surface area contributed by atoms with Gasteiger partial charge in [0.15, 0.2) is 5.82 Å². The predicted molar refractivity (Wildman–Crippen MR) is 72.6 cm³/mol. The van der Waals surface area contributed by atoms with Crippen molar-refractivity contribution >= 4 is 17.0 Å². The lowest BCUT2D eigenvalue weighted by molar-refractivity contribution is 0.815. The third kappa shape index (κ3) is 1.73. The maximum absolute atomic E-state index is 6.18. The van der Waals surface area contributed by atoms with Crippen LogP contribution in [-0.4, -0.2) is 22.7 Å². The van der Waals surface area contributed by atoms with Crippen LogP contribution >= 0.6 is 0 Å². The molecule has 2 heterocycles. The van der Waals surface area contributed by atoms with Crippen LogP contribution in [0.4, 0.5) is 11.5 Å². The average molecular weight is 232 g/mol. The number of anilines is 2. The van der Waals surface area contributed by atoms with Gasteiger partial charge < -0.3 is 10.6 Å². The third-order valence-corrected chi connectivity index (χ3v) is 3.38. The lowest BCUT2D eigenvalue weighted by Gasteiger charge is -2.17. The standard InChI is InChI=1S/C13H20N4/c1-5-16(6-2)13-12(14)11-8-7-9(3)10(4)17(11)15-13/h7-8H,5-6,14H2,1-4H3. The largest absolute Gasteiger partial charge is 0.394 e. The fraction of sp³-hybridized carbons (Fsp3) is 0.462. The van der Waals surface area contributed by atoms with Crippen LogP contribution in [0.1, 0.15) is 25.1 Å². The maximum Gasteiger partial charge on any atom is 0.174 e. The summed E-state index contributed by atoms with van der Waals surface area (Å²) in [5, 5.41) is 4.63. The monoisotopic (exact) mass is 232 g/mol. The third-order valence-electron chi connectivity index (χ3n) is 3.38. The lowest BCUT2D eigenvalue weighted by atomic mass is 10.2. The van der Waals surface area contributed by atoms with Crippen LogP contribution in [0.2, 0.25) is 0 Å². The van der Waals surface area contributed by atoms with E-state index in [0.717, 1.165) is 35.8 Å². The van der Waals surface area contributed by atoms with Crippen molar-refractivity contribution in [1.29, 1.82) is 0 Å². The first-order valence-electron chi connectivity index (χ1n) is 6.09. The number of pyridine rings is 1. The molecule has 0 aliphatic rings. The smallest absolute Gasteiger partial charge is 0.174 e. The second-order valence-electron chi connectivity index (χ2n) is 4.31. The molecule has 0 radical (unpaired) electrons. The first-order valence-corrected chi connectivity index (χ1v) is 6.09. The first-order chi connectivity index (χ1) is 8.10. The van der Waals surface area contributed by atoms with E-state index < -0.39 is 0 Å². The molecule has 4 heteroatoms. The van der Waals surface area contributed by atoms with Gasteiger partial charge in [-0.3, -0.25) is 0 Å². The quantitative estimate of drug-likeness (QED) is 0.883. The Labute approximate surface area is 102 Å². The minimum atomic E-state index is 0.775. The van der Waals surface area contributed by atoms with Crippen LogP contribution in [0.15, 0.2) is 12.1 Å². The second-order valence-corrected chi connectivity index (χ2v) is 4.31. The molecular weight excluding hydrogens is 212 g/mol. The van der Waals surface area contributed by atoms with Gasteiger partial charge in [-0.05, 0) is 39.3 Å². The van der Waals surface area contributed by atoms with Crippen molar-refractivity contribution in [1.82, 2.24) is 9.61 Å². The Morgan fingerprint density at radius 2 is 1.88 bits per heavy atom. The molecule has 0 aliphatic heterocycles. The highest BCUT2D eigenvalue weighted by atomic mass is 15.3. The fourth-order valence-electron chi connectivity index (χ4n) is 2.10. The van der Waals surface area contributed by atoms with Gasteiger partial charge in [0.2, 0.25) is 0 Å². The van der Waals surface area contributed by atoms with E-state index in [1.807, 2.05) is 10.6 Å². The predicted octanol–water partition coefficient (Wildman–Crippen LogP) is 2.38. The van der Waals surface area contributed by atoms with Crippen LogP contribution in [0.3, 0.4) is 0 Å². The number of nitrogens with zero attached hydrogens (tertiary/aromatic N) is 3. The summed E-state index contributed by atoms with van der Waals surface area (Å²) in [6, 6.07) is 4.13. The van der Waals surface area contributed by atoms with E-state index >= 15 is 0 Å². The highest BCUT2D eigenvalue weighted by molar-refractivity contribution is 5.81. The van der Waals surface area contributed by atoms with Crippen molar-refractivity contribution in [3.63, 3.8) is 0 Å². The van der Waals surface area contributed by atoms with Crippen LogP contribution in [0.5, 0.6) is 0 Å². The molecule has 0 aromatic carbocycles. The van der Waals surface area contributed by atoms with Gasteiger partial charge in [-0.15, -0.1) is 5.10 Å². The Balaban J connectivity index is 2.68. The van der Waals surface area contributed by atoms with E-state index in [-0.39, 0.29) is 0 Å². The minimum Gasteiger partial charge on any atom is -0.394 e. The molecule has 17 heavy (non-hydrogen) atoms. The molecule has 2 aromatic rings. The molecule has 0 bridgehead atoms. The molecule has 0 fully saturated rings. The van der Waals surface area contributed by atoms with E-state index in [9.17, 15) is 0 Å². The highest BCUT2D eigenvalue weighted by Crippen LogP contribution is 2.27. The summed E-state index contributed by atoms with van der Waals surface area (Å²) >= 11 is 0. The first kappa shape index (κ1) is 11.8. The van der Waals surface area contributed by atoms with Gasteiger partial charge in [-0.2, -0.15) is 0 Å². The molecule has 2 N–H and O–H groups in total. The molecule has 2 aromatic heterocycles. The number of nitrogen functional groups attached to an aromatic ring is 1. The van der Waals surface area contributed by atoms with Crippen molar-refractivity contribution in [2.45, 2.75) is 27.7 Å². The van der Waals surface area contributed by atoms with E-state index in [2.05, 4.69) is 43.8 Å².